The molecule has 0 saturated heterocycles. The van der Waals surface area contributed by atoms with Gasteiger partial charge in [0.25, 0.3) is 5.91 Å². The maximum atomic E-state index is 12.8. The summed E-state index contributed by atoms with van der Waals surface area (Å²) in [4.78, 5) is 36.1. The molecule has 1 atom stereocenters. The highest BCUT2D eigenvalue weighted by Crippen LogP contribution is 2.13. The number of hydrogen-bond donors (Lipinski definition) is 3. The molecule has 0 saturated carbocycles. The van der Waals surface area contributed by atoms with Crippen LogP contribution in [0.3, 0.4) is 0 Å². The Kier molecular flexibility index (Phi) is 5.32. The number of carbonyl (C=O) groups excluding carboxylic acids is 2. The summed E-state index contributed by atoms with van der Waals surface area (Å²) in [5.74, 6) is -1.88. The lowest BCUT2D eigenvalue weighted by Crippen LogP contribution is -2.46. The van der Waals surface area contributed by atoms with E-state index in [0.29, 0.717) is 11.3 Å². The zero-order chi connectivity index (χ0) is 19.2. The van der Waals surface area contributed by atoms with Crippen LogP contribution in [-0.4, -0.2) is 28.9 Å². The predicted octanol–water partition coefficient (Wildman–Crippen LogP) is 3.03. The molecule has 2 aromatic carbocycles. The van der Waals surface area contributed by atoms with Gasteiger partial charge in [0, 0.05) is 11.3 Å². The van der Waals surface area contributed by atoms with Gasteiger partial charge in [0.15, 0.2) is 11.9 Å². The van der Waals surface area contributed by atoms with Crippen LogP contribution in [0.2, 0.25) is 0 Å². The average Bonchev–Trinajstić information content (AvgIpc) is 3.23. The maximum Gasteiger partial charge on any atom is 0.335 e. The second kappa shape index (κ2) is 8.01. The Morgan fingerprint density at radius 3 is 2.15 bits per heavy atom. The van der Waals surface area contributed by atoms with Crippen LogP contribution in [0, 0.1) is 0 Å². The van der Waals surface area contributed by atoms with E-state index in [1.54, 1.807) is 36.4 Å². The van der Waals surface area contributed by atoms with Crippen LogP contribution in [0.1, 0.15) is 31.3 Å². The van der Waals surface area contributed by atoms with Crippen molar-refractivity contribution in [2.24, 2.45) is 0 Å². The molecule has 0 aliphatic heterocycles. The zero-order valence-corrected chi connectivity index (χ0v) is 14.1. The number of Topliss-reactive ketones (excluding diaryl/α,β-unsaturated/α-hetero) is 1. The Labute approximate surface area is 154 Å². The number of benzene rings is 2. The van der Waals surface area contributed by atoms with Crippen molar-refractivity contribution < 1.29 is 23.9 Å². The summed E-state index contributed by atoms with van der Waals surface area (Å²) in [6.45, 7) is 0. The van der Waals surface area contributed by atoms with E-state index in [1.165, 1.54) is 36.6 Å². The summed E-state index contributed by atoms with van der Waals surface area (Å²) in [6.07, 6.45) is 0.293. The number of nitrogens with one attached hydrogen (secondary N) is 2. The number of aromatic carboxylic acids is 1. The molecule has 0 spiro atoms. The third kappa shape index (κ3) is 4.40. The van der Waals surface area contributed by atoms with Crippen LogP contribution in [0.4, 0.5) is 5.69 Å². The minimum Gasteiger partial charge on any atom is -0.478 e. The van der Waals surface area contributed by atoms with Crippen molar-refractivity contribution in [3.05, 3.63) is 89.9 Å². The molecule has 0 fully saturated rings. The summed E-state index contributed by atoms with van der Waals surface area (Å²) >= 11 is 0. The second-order valence-electron chi connectivity index (χ2n) is 5.64. The quantitative estimate of drug-likeness (QED) is 0.439. The molecule has 3 aromatic rings. The van der Waals surface area contributed by atoms with E-state index >= 15 is 0 Å². The van der Waals surface area contributed by atoms with Crippen molar-refractivity contribution >= 4 is 23.3 Å². The molecule has 0 aliphatic rings. The van der Waals surface area contributed by atoms with Gasteiger partial charge in [-0.25, -0.2) is 4.79 Å². The standard InChI is InChI=1S/C20H16N2O5/c23-17(13-5-2-1-3-6-13)18(22-19(24)16-7-4-12-27-16)21-15-10-8-14(9-11-15)20(25)26/h1-12,18,21H,(H,22,24)(H,25,26)/t18-/m1/s1. The largest absolute Gasteiger partial charge is 0.478 e. The fourth-order valence-electron chi connectivity index (χ4n) is 2.42. The molecular weight excluding hydrogens is 348 g/mol. The molecule has 0 bridgehead atoms. The molecule has 1 amide bonds. The van der Waals surface area contributed by atoms with E-state index in [-0.39, 0.29) is 17.1 Å². The first kappa shape index (κ1) is 17.9. The van der Waals surface area contributed by atoms with Gasteiger partial charge in [0.1, 0.15) is 0 Å². The molecule has 1 heterocycles. The average molecular weight is 364 g/mol. The van der Waals surface area contributed by atoms with Gasteiger partial charge in [-0.3, -0.25) is 9.59 Å². The summed E-state index contributed by atoms with van der Waals surface area (Å²) in [5, 5.41) is 14.5. The van der Waals surface area contributed by atoms with Gasteiger partial charge in [-0.15, -0.1) is 0 Å². The number of amides is 1. The fraction of sp³-hybridized carbons (Fsp3) is 0.0500. The van der Waals surface area contributed by atoms with Gasteiger partial charge >= 0.3 is 5.97 Å². The van der Waals surface area contributed by atoms with Gasteiger partial charge in [-0.05, 0) is 36.4 Å². The predicted molar refractivity (Wildman–Crippen MR) is 97.8 cm³/mol. The second-order valence-corrected chi connectivity index (χ2v) is 5.64. The molecule has 1 aromatic heterocycles. The highest BCUT2D eigenvalue weighted by molar-refractivity contribution is 6.04. The molecule has 3 N–H and O–H groups in total. The van der Waals surface area contributed by atoms with E-state index in [0.717, 1.165) is 0 Å². The van der Waals surface area contributed by atoms with Gasteiger partial charge in [0.05, 0.1) is 11.8 Å². The highest BCUT2D eigenvalue weighted by atomic mass is 16.4. The number of carbonyl (C=O) groups is 3. The summed E-state index contributed by atoms with van der Waals surface area (Å²) < 4.78 is 5.06. The minimum atomic E-state index is -1.07. The van der Waals surface area contributed by atoms with Crippen molar-refractivity contribution in [2.75, 3.05) is 5.32 Å². The van der Waals surface area contributed by atoms with Crippen LogP contribution in [0.25, 0.3) is 0 Å². The van der Waals surface area contributed by atoms with Gasteiger partial charge in [-0.2, -0.15) is 0 Å². The molecule has 0 aliphatic carbocycles. The van der Waals surface area contributed by atoms with Crippen molar-refractivity contribution in [1.29, 1.82) is 0 Å². The van der Waals surface area contributed by atoms with Gasteiger partial charge in [-0.1, -0.05) is 30.3 Å². The Morgan fingerprint density at radius 1 is 0.852 bits per heavy atom. The van der Waals surface area contributed by atoms with E-state index in [1.807, 2.05) is 0 Å². The molecule has 3 rings (SSSR count). The van der Waals surface area contributed by atoms with E-state index < -0.39 is 18.0 Å². The van der Waals surface area contributed by atoms with Gasteiger partial charge < -0.3 is 20.2 Å². The smallest absolute Gasteiger partial charge is 0.335 e. The van der Waals surface area contributed by atoms with Crippen LogP contribution in [0.5, 0.6) is 0 Å². The Hall–Kier alpha value is -3.87. The molecule has 0 radical (unpaired) electrons. The number of ketones is 1. The third-order valence-electron chi connectivity index (χ3n) is 3.78. The first-order valence-electron chi connectivity index (χ1n) is 8.08. The van der Waals surface area contributed by atoms with Crippen molar-refractivity contribution in [3.63, 3.8) is 0 Å². The maximum absolute atomic E-state index is 12.8. The van der Waals surface area contributed by atoms with Crippen LogP contribution >= 0.6 is 0 Å². The fourth-order valence-corrected chi connectivity index (χ4v) is 2.42. The van der Waals surface area contributed by atoms with Crippen molar-refractivity contribution in [3.8, 4) is 0 Å². The monoisotopic (exact) mass is 364 g/mol. The molecule has 27 heavy (non-hydrogen) atoms. The van der Waals surface area contributed by atoms with Crippen LogP contribution in [0.15, 0.2) is 77.4 Å². The van der Waals surface area contributed by atoms with Crippen LogP contribution < -0.4 is 10.6 Å². The molecule has 136 valence electrons. The SMILES string of the molecule is O=C(O)c1ccc(N[C@H](NC(=O)c2ccco2)C(=O)c2ccccc2)cc1. The number of anilines is 1. The van der Waals surface area contributed by atoms with Crippen molar-refractivity contribution in [1.82, 2.24) is 5.32 Å². The number of carboxylic acids is 1. The van der Waals surface area contributed by atoms with E-state index in [4.69, 9.17) is 9.52 Å². The summed E-state index contributed by atoms with van der Waals surface area (Å²) in [7, 11) is 0. The number of carboxylic acid groups (broad SMARTS) is 1. The number of furan rings is 1. The summed E-state index contributed by atoms with van der Waals surface area (Å²) in [6, 6.07) is 17.4. The number of rotatable bonds is 7. The first-order valence-corrected chi connectivity index (χ1v) is 8.08. The molecule has 0 unspecified atom stereocenters. The Balaban J connectivity index is 1.83. The molecule has 7 heteroatoms. The summed E-state index contributed by atoms with van der Waals surface area (Å²) in [5.41, 5.74) is 1.01. The number of hydrogen-bond acceptors (Lipinski definition) is 5. The zero-order valence-electron chi connectivity index (χ0n) is 14.1. The lowest BCUT2D eigenvalue weighted by Gasteiger charge is -2.20. The normalized spacial score (nSPS) is 11.4. The third-order valence-corrected chi connectivity index (χ3v) is 3.78. The Bertz CT molecular complexity index is 934. The lowest BCUT2D eigenvalue weighted by molar-refractivity contribution is 0.0696. The molecular formula is C20H16N2O5. The first-order chi connectivity index (χ1) is 13.0. The Morgan fingerprint density at radius 2 is 1.56 bits per heavy atom. The molecule has 7 nitrogen and oxygen atoms in total. The van der Waals surface area contributed by atoms with Crippen molar-refractivity contribution in [2.45, 2.75) is 6.17 Å². The topological polar surface area (TPSA) is 109 Å². The minimum absolute atomic E-state index is 0.0730. The van der Waals surface area contributed by atoms with E-state index in [9.17, 15) is 14.4 Å². The highest BCUT2D eigenvalue weighted by Gasteiger charge is 2.23. The van der Waals surface area contributed by atoms with Crippen LogP contribution in [-0.2, 0) is 0 Å². The van der Waals surface area contributed by atoms with Gasteiger partial charge in [0.2, 0.25) is 5.78 Å². The van der Waals surface area contributed by atoms with E-state index in [2.05, 4.69) is 10.6 Å². The lowest BCUT2D eigenvalue weighted by atomic mass is 10.1.